The maximum atomic E-state index is 13.4. The van der Waals surface area contributed by atoms with E-state index in [4.69, 9.17) is 9.84 Å². The minimum atomic E-state index is -1.15. The number of anilines is 1. The first-order valence-corrected chi connectivity index (χ1v) is 6.41. The highest BCUT2D eigenvalue weighted by Gasteiger charge is 2.34. The first-order valence-electron chi connectivity index (χ1n) is 5.62. The highest BCUT2D eigenvalue weighted by atomic mass is 79.9. The molecule has 0 aromatic heterocycles. The van der Waals surface area contributed by atoms with Gasteiger partial charge in [0.1, 0.15) is 11.5 Å². The van der Waals surface area contributed by atoms with Crippen LogP contribution in [0.5, 0.6) is 0 Å². The third-order valence-corrected chi connectivity index (χ3v) is 3.54. The molecule has 20 heavy (non-hydrogen) atoms. The van der Waals surface area contributed by atoms with Gasteiger partial charge in [-0.3, -0.25) is 10.1 Å². The summed E-state index contributed by atoms with van der Waals surface area (Å²) in [7, 11) is 0. The second-order valence-corrected chi connectivity index (χ2v) is 4.99. The van der Waals surface area contributed by atoms with Crippen molar-refractivity contribution in [2.24, 2.45) is 0 Å². The van der Waals surface area contributed by atoms with E-state index in [1.54, 1.807) is 0 Å². The van der Waals surface area contributed by atoms with Gasteiger partial charge in [0.25, 0.3) is 5.69 Å². The van der Waals surface area contributed by atoms with Crippen LogP contribution in [0.4, 0.5) is 15.8 Å². The van der Waals surface area contributed by atoms with E-state index in [2.05, 4.69) is 15.9 Å². The molecule has 1 saturated heterocycles. The molecule has 2 rings (SSSR count). The van der Waals surface area contributed by atoms with Gasteiger partial charge in [-0.15, -0.1) is 0 Å². The van der Waals surface area contributed by atoms with Crippen LogP contribution in [0.25, 0.3) is 0 Å². The summed E-state index contributed by atoms with van der Waals surface area (Å²) >= 11 is 2.95. The number of carboxylic acids is 1. The Bertz CT molecular complexity index is 568. The molecule has 0 aliphatic carbocycles. The minimum Gasteiger partial charge on any atom is -0.480 e. The van der Waals surface area contributed by atoms with Gasteiger partial charge < -0.3 is 14.7 Å². The van der Waals surface area contributed by atoms with Gasteiger partial charge in [-0.25, -0.2) is 9.18 Å². The van der Waals surface area contributed by atoms with Crippen molar-refractivity contribution in [3.8, 4) is 0 Å². The predicted molar refractivity (Wildman–Crippen MR) is 70.3 cm³/mol. The van der Waals surface area contributed by atoms with Gasteiger partial charge in [0, 0.05) is 6.54 Å². The monoisotopic (exact) mass is 348 g/mol. The second-order valence-electron chi connectivity index (χ2n) is 4.13. The Kier molecular flexibility index (Phi) is 4.19. The zero-order valence-electron chi connectivity index (χ0n) is 10.1. The standard InChI is InChI=1S/C11H10BrFN2O5/c12-6-3-8(9(15(18)19)4-7(6)13)14-1-2-20-5-10(14)11(16)17/h3-4,10H,1-2,5H2,(H,16,17). The Morgan fingerprint density at radius 1 is 1.60 bits per heavy atom. The van der Waals surface area contributed by atoms with Gasteiger partial charge >= 0.3 is 5.97 Å². The van der Waals surface area contributed by atoms with E-state index in [0.717, 1.165) is 6.07 Å². The molecule has 0 saturated carbocycles. The first-order chi connectivity index (χ1) is 9.41. The van der Waals surface area contributed by atoms with E-state index in [0.29, 0.717) is 0 Å². The number of benzene rings is 1. The van der Waals surface area contributed by atoms with Crippen LogP contribution in [0.15, 0.2) is 16.6 Å². The lowest BCUT2D eigenvalue weighted by Gasteiger charge is -2.34. The summed E-state index contributed by atoms with van der Waals surface area (Å²) in [5, 5.41) is 20.2. The molecule has 0 amide bonds. The number of carbonyl (C=O) groups is 1. The number of halogens is 2. The molecule has 1 aromatic carbocycles. The average molecular weight is 349 g/mol. The zero-order valence-corrected chi connectivity index (χ0v) is 11.7. The summed E-state index contributed by atoms with van der Waals surface area (Å²) in [4.78, 5) is 22.8. The van der Waals surface area contributed by atoms with Gasteiger partial charge in [-0.05, 0) is 22.0 Å². The van der Waals surface area contributed by atoms with Crippen molar-refractivity contribution < 1.29 is 24.0 Å². The Morgan fingerprint density at radius 2 is 2.30 bits per heavy atom. The number of nitrogens with zero attached hydrogens (tertiary/aromatic N) is 2. The van der Waals surface area contributed by atoms with Gasteiger partial charge in [-0.2, -0.15) is 0 Å². The SMILES string of the molecule is O=C(O)C1COCCN1c1cc(Br)c(F)cc1[N+](=O)[O-]. The number of carboxylic acid groups (broad SMARTS) is 1. The number of hydrogen-bond donors (Lipinski definition) is 1. The van der Waals surface area contributed by atoms with E-state index >= 15 is 0 Å². The van der Waals surface area contributed by atoms with Crippen LogP contribution in [0.3, 0.4) is 0 Å². The molecule has 1 fully saturated rings. The molecule has 1 aliphatic rings. The van der Waals surface area contributed by atoms with Crippen LogP contribution in [-0.2, 0) is 9.53 Å². The van der Waals surface area contributed by atoms with Crippen LogP contribution in [0.2, 0.25) is 0 Å². The first kappa shape index (κ1) is 14.7. The van der Waals surface area contributed by atoms with E-state index in [9.17, 15) is 19.3 Å². The molecule has 1 aliphatic heterocycles. The normalized spacial score (nSPS) is 18.9. The van der Waals surface area contributed by atoms with Crippen molar-refractivity contribution >= 4 is 33.3 Å². The quantitative estimate of drug-likeness (QED) is 0.661. The lowest BCUT2D eigenvalue weighted by molar-refractivity contribution is -0.384. The van der Waals surface area contributed by atoms with Gasteiger partial charge in [0.2, 0.25) is 0 Å². The Labute approximate surface area is 121 Å². The van der Waals surface area contributed by atoms with E-state index in [-0.39, 0.29) is 29.9 Å². The summed E-state index contributed by atoms with van der Waals surface area (Å²) < 4.78 is 18.5. The maximum Gasteiger partial charge on any atom is 0.328 e. The van der Waals surface area contributed by atoms with Gasteiger partial charge in [0.15, 0.2) is 6.04 Å². The highest BCUT2D eigenvalue weighted by Crippen LogP contribution is 2.35. The number of morpholine rings is 1. The average Bonchev–Trinajstić information content (AvgIpc) is 2.41. The molecule has 1 aromatic rings. The maximum absolute atomic E-state index is 13.4. The topological polar surface area (TPSA) is 92.9 Å². The number of nitro benzene ring substituents is 1. The third kappa shape index (κ3) is 2.73. The smallest absolute Gasteiger partial charge is 0.328 e. The fourth-order valence-corrected chi connectivity index (χ4v) is 2.33. The summed E-state index contributed by atoms with van der Waals surface area (Å²) in [6, 6.07) is 0.947. The molecule has 1 heterocycles. The summed E-state index contributed by atoms with van der Waals surface area (Å²) in [6.07, 6.45) is 0. The number of ether oxygens (including phenoxy) is 1. The van der Waals surface area contributed by atoms with Gasteiger partial charge in [0.05, 0.1) is 28.7 Å². The number of rotatable bonds is 3. The molecular formula is C11H10BrFN2O5. The zero-order chi connectivity index (χ0) is 14.9. The van der Waals surface area contributed by atoms with Crippen LogP contribution in [0.1, 0.15) is 0 Å². The van der Waals surface area contributed by atoms with Crippen LogP contribution >= 0.6 is 15.9 Å². The largest absolute Gasteiger partial charge is 0.480 e. The molecule has 1 N–H and O–H groups in total. The predicted octanol–water partition coefficient (Wildman–Crippen LogP) is 1.79. The van der Waals surface area contributed by atoms with Crippen LogP contribution in [-0.4, -0.2) is 41.8 Å². The molecule has 7 nitrogen and oxygen atoms in total. The van der Waals surface area contributed by atoms with E-state index in [1.165, 1.54) is 11.0 Å². The minimum absolute atomic E-state index is 0.0359. The highest BCUT2D eigenvalue weighted by molar-refractivity contribution is 9.10. The van der Waals surface area contributed by atoms with Crippen molar-refractivity contribution in [3.63, 3.8) is 0 Å². The molecule has 0 spiro atoms. The lowest BCUT2D eigenvalue weighted by atomic mass is 10.1. The van der Waals surface area contributed by atoms with E-state index < -0.39 is 28.4 Å². The Hall–Kier alpha value is -1.74. The van der Waals surface area contributed by atoms with Gasteiger partial charge in [-0.1, -0.05) is 0 Å². The summed E-state index contributed by atoms with van der Waals surface area (Å²) in [6.45, 7) is 0.341. The number of aliphatic carboxylic acids is 1. The van der Waals surface area contributed by atoms with Crippen molar-refractivity contribution in [1.82, 2.24) is 0 Å². The molecule has 1 atom stereocenters. The van der Waals surface area contributed by atoms with Crippen molar-refractivity contribution in [1.29, 1.82) is 0 Å². The van der Waals surface area contributed by atoms with E-state index in [1.807, 2.05) is 0 Å². The van der Waals surface area contributed by atoms with Crippen LogP contribution < -0.4 is 4.90 Å². The Balaban J connectivity index is 2.51. The van der Waals surface area contributed by atoms with Crippen molar-refractivity contribution in [2.45, 2.75) is 6.04 Å². The third-order valence-electron chi connectivity index (χ3n) is 2.94. The molecule has 9 heteroatoms. The number of nitro groups is 1. The summed E-state index contributed by atoms with van der Waals surface area (Å²) in [5.41, 5.74) is -0.419. The molecule has 0 radical (unpaired) electrons. The molecule has 108 valence electrons. The Morgan fingerprint density at radius 3 is 2.90 bits per heavy atom. The van der Waals surface area contributed by atoms with Crippen LogP contribution in [0, 0.1) is 15.9 Å². The summed E-state index contributed by atoms with van der Waals surface area (Å²) in [5.74, 6) is -1.93. The molecule has 0 bridgehead atoms. The fourth-order valence-electron chi connectivity index (χ4n) is 2.00. The van der Waals surface area contributed by atoms with Crippen molar-refractivity contribution in [3.05, 3.63) is 32.5 Å². The lowest BCUT2D eigenvalue weighted by Crippen LogP contribution is -2.50. The second kappa shape index (κ2) is 5.71. The van der Waals surface area contributed by atoms with Crippen molar-refractivity contribution in [2.75, 3.05) is 24.7 Å². The number of hydrogen-bond acceptors (Lipinski definition) is 5. The fraction of sp³-hybridized carbons (Fsp3) is 0.364. The molecule has 1 unspecified atom stereocenters. The molecular weight excluding hydrogens is 339 g/mol.